The van der Waals surface area contributed by atoms with E-state index < -0.39 is 5.56 Å². The predicted octanol–water partition coefficient (Wildman–Crippen LogP) is -0.459. The average Bonchev–Trinajstić information content (AvgIpc) is 2.41. The van der Waals surface area contributed by atoms with Crippen LogP contribution >= 0.6 is 0 Å². The van der Waals surface area contributed by atoms with E-state index in [2.05, 4.69) is 16.5 Å². The van der Waals surface area contributed by atoms with Crippen molar-refractivity contribution in [2.24, 2.45) is 0 Å². The number of aromatic hydroxyl groups is 1. The first kappa shape index (κ1) is 8.68. The summed E-state index contributed by atoms with van der Waals surface area (Å²) >= 11 is 0. The van der Waals surface area contributed by atoms with E-state index in [1.807, 2.05) is 0 Å². The van der Waals surface area contributed by atoms with Crippen LogP contribution in [0.5, 0.6) is 5.88 Å². The quantitative estimate of drug-likeness (QED) is 0.612. The normalized spacial score (nSPS) is 11.0. The summed E-state index contributed by atoms with van der Waals surface area (Å²) in [6.45, 7) is 6.88. The molecule has 0 fully saturated rings. The minimum absolute atomic E-state index is 0.0485. The molecule has 0 aliphatic carbocycles. The van der Waals surface area contributed by atoms with E-state index in [1.165, 1.54) is 4.40 Å². The van der Waals surface area contributed by atoms with Crippen molar-refractivity contribution < 1.29 is 5.11 Å². The first-order valence-corrected chi connectivity index (χ1v) is 4.10. The average molecular weight is 191 g/mol. The molecule has 2 rings (SSSR count). The Morgan fingerprint density at radius 2 is 1.93 bits per heavy atom. The van der Waals surface area contributed by atoms with Crippen molar-refractivity contribution in [3.8, 4) is 5.88 Å². The lowest BCUT2D eigenvalue weighted by molar-refractivity contribution is 0.441. The molecule has 0 unspecified atom stereocenters. The highest BCUT2D eigenvalue weighted by molar-refractivity contribution is 5.48. The monoisotopic (exact) mass is 191 g/mol. The fourth-order valence-electron chi connectivity index (χ4n) is 1.38. The van der Waals surface area contributed by atoms with Gasteiger partial charge < -0.3 is 5.11 Å². The molecular weight excluding hydrogens is 182 g/mol. The van der Waals surface area contributed by atoms with Crippen molar-refractivity contribution in [3.05, 3.63) is 27.1 Å². The van der Waals surface area contributed by atoms with Gasteiger partial charge in [-0.2, -0.15) is 0 Å². The topological polar surface area (TPSA) is 67.5 Å². The van der Waals surface area contributed by atoms with Gasteiger partial charge in [0.1, 0.15) is 11.0 Å². The minimum Gasteiger partial charge on any atom is -0.493 e. The van der Waals surface area contributed by atoms with Crippen molar-refractivity contribution in [1.82, 2.24) is 14.4 Å². The second-order valence-corrected chi connectivity index (χ2v) is 3.13. The fourth-order valence-corrected chi connectivity index (χ4v) is 1.38. The number of hydrogen-bond donors (Lipinski definition) is 1. The Morgan fingerprint density at radius 3 is 2.57 bits per heavy atom. The van der Waals surface area contributed by atoms with Crippen LogP contribution < -0.4 is 10.9 Å². The Morgan fingerprint density at radius 1 is 1.29 bits per heavy atom. The molecule has 0 bridgehead atoms. The van der Waals surface area contributed by atoms with Gasteiger partial charge in [0, 0.05) is 0 Å². The van der Waals surface area contributed by atoms with E-state index in [0.29, 0.717) is 17.0 Å². The van der Waals surface area contributed by atoms with Gasteiger partial charge in [0.2, 0.25) is 5.88 Å². The second-order valence-electron chi connectivity index (χ2n) is 3.13. The first-order chi connectivity index (χ1) is 6.52. The third-order valence-corrected chi connectivity index (χ3v) is 2.13. The largest absolute Gasteiger partial charge is 0.493 e. The molecule has 0 aliphatic heterocycles. The lowest BCUT2D eigenvalue weighted by atomic mass is 10.4. The molecule has 0 spiro atoms. The molecule has 0 atom stereocenters. The predicted molar refractivity (Wildman–Crippen MR) is 51.1 cm³/mol. The summed E-state index contributed by atoms with van der Waals surface area (Å²) in [5.41, 5.74) is 0.989. The number of imidazole rings is 1. The molecule has 5 heteroatoms. The molecule has 14 heavy (non-hydrogen) atoms. The third kappa shape index (κ3) is 0.921. The van der Waals surface area contributed by atoms with E-state index in [4.69, 9.17) is 0 Å². The van der Waals surface area contributed by atoms with E-state index in [-0.39, 0.29) is 11.2 Å². The molecule has 0 amide bonds. The summed E-state index contributed by atoms with van der Waals surface area (Å²) in [7, 11) is 0. The highest BCUT2D eigenvalue weighted by Gasteiger charge is 2.11. The number of rotatable bonds is 0. The Labute approximate surface area is 79.3 Å². The number of hydrogen-bond acceptors (Lipinski definition) is 4. The van der Waals surface area contributed by atoms with Gasteiger partial charge in [0.25, 0.3) is 5.56 Å². The van der Waals surface area contributed by atoms with Crippen LogP contribution in [0.4, 0.5) is 0 Å². The molecule has 0 saturated carbocycles. The zero-order chi connectivity index (χ0) is 10.5. The van der Waals surface area contributed by atoms with E-state index in [1.54, 1.807) is 13.8 Å². The molecule has 2 heterocycles. The van der Waals surface area contributed by atoms with E-state index in [0.717, 1.165) is 0 Å². The van der Waals surface area contributed by atoms with Crippen molar-refractivity contribution in [2.45, 2.75) is 13.8 Å². The van der Waals surface area contributed by atoms with Gasteiger partial charge in [-0.1, -0.05) is 6.58 Å². The molecule has 0 saturated heterocycles. The minimum atomic E-state index is -0.442. The Bertz CT molecular complexity index is 615. The molecule has 0 aliphatic rings. The van der Waals surface area contributed by atoms with Crippen LogP contribution in [-0.4, -0.2) is 19.5 Å². The molecule has 72 valence electrons. The maximum atomic E-state index is 11.3. The summed E-state index contributed by atoms with van der Waals surface area (Å²) < 4.78 is 1.32. The SMILES string of the molecule is C=c1c(=O)nc(C)c2nc(C)c(O)n12. The maximum absolute atomic E-state index is 11.3. The standard InChI is InChI=1S/C9H9N3O2/c1-4-7-10-5(2)9(14)12(7)6(3)8(13)11-4/h14H,3H2,1-2H3. The van der Waals surface area contributed by atoms with Gasteiger partial charge in [0.05, 0.1) is 5.69 Å². The van der Waals surface area contributed by atoms with Gasteiger partial charge in [0.15, 0.2) is 5.65 Å². The van der Waals surface area contributed by atoms with Crippen molar-refractivity contribution in [1.29, 1.82) is 0 Å². The maximum Gasteiger partial charge on any atom is 0.293 e. The van der Waals surface area contributed by atoms with Crippen LogP contribution in [0.1, 0.15) is 11.4 Å². The molecule has 1 N–H and O–H groups in total. The molecule has 0 aromatic carbocycles. The van der Waals surface area contributed by atoms with Crippen LogP contribution in [0, 0.1) is 13.8 Å². The van der Waals surface area contributed by atoms with Gasteiger partial charge in [-0.15, -0.1) is 0 Å². The van der Waals surface area contributed by atoms with Crippen molar-refractivity contribution in [2.75, 3.05) is 0 Å². The molecule has 5 nitrogen and oxygen atoms in total. The fraction of sp³-hybridized carbons (Fsp3) is 0.222. The van der Waals surface area contributed by atoms with E-state index >= 15 is 0 Å². The second kappa shape index (κ2) is 2.54. The summed E-state index contributed by atoms with van der Waals surface area (Å²) in [6.07, 6.45) is 0. The van der Waals surface area contributed by atoms with Crippen molar-refractivity contribution in [3.63, 3.8) is 0 Å². The zero-order valence-corrected chi connectivity index (χ0v) is 7.90. The van der Waals surface area contributed by atoms with Crippen LogP contribution in [0.25, 0.3) is 12.2 Å². The smallest absolute Gasteiger partial charge is 0.293 e. The highest BCUT2D eigenvalue weighted by Crippen LogP contribution is 2.15. The number of aromatic nitrogens is 3. The van der Waals surface area contributed by atoms with Crippen LogP contribution in [0.2, 0.25) is 0 Å². The van der Waals surface area contributed by atoms with Crippen molar-refractivity contribution >= 4 is 12.2 Å². The molecule has 0 radical (unpaired) electrons. The number of nitrogens with zero attached hydrogens (tertiary/aromatic N) is 3. The van der Waals surface area contributed by atoms with Crippen LogP contribution in [0.15, 0.2) is 4.79 Å². The van der Waals surface area contributed by atoms with Gasteiger partial charge >= 0.3 is 0 Å². The number of fused-ring (bicyclic) bond motifs is 1. The van der Waals surface area contributed by atoms with Crippen LogP contribution in [0.3, 0.4) is 0 Å². The lowest BCUT2D eigenvalue weighted by Crippen LogP contribution is -2.32. The van der Waals surface area contributed by atoms with Gasteiger partial charge in [-0.3, -0.25) is 9.20 Å². The Hall–Kier alpha value is -1.91. The van der Waals surface area contributed by atoms with Crippen LogP contribution in [-0.2, 0) is 0 Å². The highest BCUT2D eigenvalue weighted by atomic mass is 16.3. The van der Waals surface area contributed by atoms with E-state index in [9.17, 15) is 9.90 Å². The molecule has 2 aromatic rings. The molecule has 2 aromatic heterocycles. The van der Waals surface area contributed by atoms with Gasteiger partial charge in [-0.05, 0) is 13.8 Å². The lowest BCUT2D eigenvalue weighted by Gasteiger charge is -1.96. The number of aryl methyl sites for hydroxylation is 2. The Kier molecular flexibility index (Phi) is 1.57. The summed E-state index contributed by atoms with van der Waals surface area (Å²) in [4.78, 5) is 19.1. The first-order valence-electron chi connectivity index (χ1n) is 4.10. The summed E-state index contributed by atoms with van der Waals surface area (Å²) in [5.74, 6) is -0.0485. The zero-order valence-electron chi connectivity index (χ0n) is 7.90. The Balaban J connectivity index is 3.19. The molecular formula is C9H9N3O2. The van der Waals surface area contributed by atoms with Gasteiger partial charge in [-0.25, -0.2) is 9.97 Å². The third-order valence-electron chi connectivity index (χ3n) is 2.13. The summed E-state index contributed by atoms with van der Waals surface area (Å²) in [5, 5.41) is 9.75. The summed E-state index contributed by atoms with van der Waals surface area (Å²) in [6, 6.07) is 0.